The maximum Gasteiger partial charge on any atom is 0.309 e. The van der Waals surface area contributed by atoms with Gasteiger partial charge in [-0.1, -0.05) is 0 Å². The number of quaternary nitrogens is 1. The van der Waals surface area contributed by atoms with Crippen LogP contribution in [0.2, 0.25) is 0 Å². The number of likely N-dealkylation sites (tertiary alicyclic amines) is 1. The summed E-state index contributed by atoms with van der Waals surface area (Å²) < 4.78 is 31.3. The van der Waals surface area contributed by atoms with Crippen molar-refractivity contribution in [1.29, 1.82) is 0 Å². The van der Waals surface area contributed by atoms with E-state index in [1.165, 1.54) is 23.5 Å². The number of hydrogen-bond acceptors (Lipinski definition) is 5. The van der Waals surface area contributed by atoms with Gasteiger partial charge in [-0.3, -0.25) is 9.59 Å². The number of piperidine rings is 1. The van der Waals surface area contributed by atoms with Gasteiger partial charge in [0.1, 0.15) is 0 Å². The van der Waals surface area contributed by atoms with Crippen LogP contribution in [-0.2, 0) is 24.3 Å². The predicted molar refractivity (Wildman–Crippen MR) is 103 cm³/mol. The number of anilines is 1. The van der Waals surface area contributed by atoms with Gasteiger partial charge in [0.2, 0.25) is 10.0 Å². The van der Waals surface area contributed by atoms with Crippen LogP contribution in [0.15, 0.2) is 29.2 Å². The molecule has 8 nitrogen and oxygen atoms in total. The second-order valence-electron chi connectivity index (χ2n) is 7.41. The Balaban J connectivity index is 1.50. The summed E-state index contributed by atoms with van der Waals surface area (Å²) in [5.41, 5.74) is 0.578. The molecule has 2 heterocycles. The summed E-state index contributed by atoms with van der Waals surface area (Å²) in [5.74, 6) is -0.365. The predicted octanol–water partition coefficient (Wildman–Crippen LogP) is -0.122. The van der Waals surface area contributed by atoms with Crippen molar-refractivity contribution in [3.8, 4) is 0 Å². The molecule has 0 saturated carbocycles. The zero-order valence-corrected chi connectivity index (χ0v) is 17.0. The van der Waals surface area contributed by atoms with Crippen molar-refractivity contribution < 1.29 is 27.6 Å². The van der Waals surface area contributed by atoms with Gasteiger partial charge in [0, 0.05) is 31.6 Å². The third kappa shape index (κ3) is 4.89. The molecule has 0 atom stereocenters. The highest BCUT2D eigenvalue weighted by atomic mass is 32.2. The van der Waals surface area contributed by atoms with Gasteiger partial charge in [-0.15, -0.1) is 0 Å². The van der Waals surface area contributed by atoms with E-state index in [4.69, 9.17) is 4.74 Å². The van der Waals surface area contributed by atoms with E-state index in [1.54, 1.807) is 12.1 Å². The summed E-state index contributed by atoms with van der Waals surface area (Å²) in [7, 11) is -2.04. The molecule has 2 aliphatic rings. The van der Waals surface area contributed by atoms with Gasteiger partial charge in [-0.25, -0.2) is 8.42 Å². The fourth-order valence-electron chi connectivity index (χ4n) is 3.83. The van der Waals surface area contributed by atoms with Crippen LogP contribution in [-0.4, -0.2) is 64.4 Å². The summed E-state index contributed by atoms with van der Waals surface area (Å²) in [4.78, 5) is 25.2. The number of nitrogens with zero attached hydrogens (tertiary/aromatic N) is 1. The molecule has 154 valence electrons. The van der Waals surface area contributed by atoms with Crippen LogP contribution in [0.4, 0.5) is 5.69 Å². The van der Waals surface area contributed by atoms with E-state index >= 15 is 0 Å². The van der Waals surface area contributed by atoms with Crippen molar-refractivity contribution in [2.45, 2.75) is 30.6 Å². The van der Waals surface area contributed by atoms with Gasteiger partial charge in [0.25, 0.3) is 5.91 Å². The van der Waals surface area contributed by atoms with Crippen LogP contribution in [0.3, 0.4) is 0 Å². The van der Waals surface area contributed by atoms with Crippen LogP contribution >= 0.6 is 0 Å². The SMILES string of the molecule is COC(=O)C1CC[NH+](CC(=O)Nc2ccc(S(=O)(=O)N3CCCC3)cc2)CC1. The van der Waals surface area contributed by atoms with Gasteiger partial charge in [0.05, 0.1) is 31.0 Å². The topological polar surface area (TPSA) is 97.2 Å². The second-order valence-corrected chi connectivity index (χ2v) is 9.35. The van der Waals surface area contributed by atoms with Crippen LogP contribution in [0.1, 0.15) is 25.7 Å². The summed E-state index contributed by atoms with van der Waals surface area (Å²) in [6.45, 7) is 2.95. The number of benzene rings is 1. The zero-order chi connectivity index (χ0) is 20.1. The lowest BCUT2D eigenvalue weighted by Gasteiger charge is -2.27. The molecule has 0 bridgehead atoms. The minimum atomic E-state index is -3.44. The monoisotopic (exact) mass is 410 g/mol. The molecule has 0 unspecified atom stereocenters. The quantitative estimate of drug-likeness (QED) is 0.637. The Morgan fingerprint density at radius 1 is 1.14 bits per heavy atom. The van der Waals surface area contributed by atoms with E-state index in [0.717, 1.165) is 43.7 Å². The molecule has 28 heavy (non-hydrogen) atoms. The first kappa shape index (κ1) is 20.8. The fraction of sp³-hybridized carbons (Fsp3) is 0.579. The Bertz CT molecular complexity index is 795. The standard InChI is InChI=1S/C19H27N3O5S/c1-27-19(24)15-8-12-21(13-9-15)14-18(23)20-16-4-6-17(7-5-16)28(25,26)22-10-2-3-11-22/h4-7,15H,2-3,8-14H2,1H3,(H,20,23)/p+1. The molecule has 1 aromatic rings. The first-order valence-electron chi connectivity index (χ1n) is 9.71. The lowest BCUT2D eigenvalue weighted by atomic mass is 9.97. The summed E-state index contributed by atoms with van der Waals surface area (Å²) in [6, 6.07) is 6.33. The summed E-state index contributed by atoms with van der Waals surface area (Å²) in [5, 5.41) is 2.82. The van der Waals surface area contributed by atoms with E-state index in [1.807, 2.05) is 0 Å². The molecule has 2 aliphatic heterocycles. The average molecular weight is 411 g/mol. The summed E-state index contributed by atoms with van der Waals surface area (Å²) in [6.07, 6.45) is 3.23. The van der Waals surface area contributed by atoms with E-state index in [-0.39, 0.29) is 22.7 Å². The molecular weight excluding hydrogens is 382 g/mol. The van der Waals surface area contributed by atoms with Crippen LogP contribution in [0, 0.1) is 5.92 Å². The van der Waals surface area contributed by atoms with E-state index in [0.29, 0.717) is 25.3 Å². The van der Waals surface area contributed by atoms with Crippen molar-refractivity contribution in [2.24, 2.45) is 5.92 Å². The molecule has 0 spiro atoms. The van der Waals surface area contributed by atoms with Crippen LogP contribution in [0.5, 0.6) is 0 Å². The van der Waals surface area contributed by atoms with Crippen molar-refractivity contribution in [2.75, 3.05) is 45.2 Å². The molecule has 0 aliphatic carbocycles. The minimum absolute atomic E-state index is 0.0677. The van der Waals surface area contributed by atoms with E-state index in [2.05, 4.69) is 5.32 Å². The number of esters is 1. The second kappa shape index (κ2) is 9.02. The Morgan fingerprint density at radius 3 is 2.32 bits per heavy atom. The largest absolute Gasteiger partial charge is 0.469 e. The first-order chi connectivity index (χ1) is 13.4. The number of hydrogen-bond donors (Lipinski definition) is 2. The minimum Gasteiger partial charge on any atom is -0.469 e. The fourth-order valence-corrected chi connectivity index (χ4v) is 5.34. The van der Waals surface area contributed by atoms with Crippen LogP contribution < -0.4 is 10.2 Å². The Labute approximate surface area is 165 Å². The van der Waals surface area contributed by atoms with Crippen molar-refractivity contribution >= 4 is 27.6 Å². The maximum absolute atomic E-state index is 12.5. The molecule has 2 fully saturated rings. The Hall–Kier alpha value is -1.97. The van der Waals surface area contributed by atoms with Gasteiger partial charge >= 0.3 is 5.97 Å². The molecule has 0 radical (unpaired) electrons. The number of ether oxygens (including phenoxy) is 1. The molecule has 2 saturated heterocycles. The zero-order valence-electron chi connectivity index (χ0n) is 16.1. The number of nitrogens with one attached hydrogen (secondary N) is 2. The number of carbonyl (C=O) groups excluding carboxylic acids is 2. The number of sulfonamides is 1. The lowest BCUT2D eigenvalue weighted by Crippen LogP contribution is -3.14. The van der Waals surface area contributed by atoms with Gasteiger partial charge < -0.3 is 15.0 Å². The molecule has 1 amide bonds. The maximum atomic E-state index is 12.5. The normalized spacial score (nSPS) is 23.3. The molecule has 3 rings (SSSR count). The van der Waals surface area contributed by atoms with E-state index in [9.17, 15) is 18.0 Å². The highest BCUT2D eigenvalue weighted by molar-refractivity contribution is 7.89. The smallest absolute Gasteiger partial charge is 0.309 e. The molecular formula is C19H28N3O5S+. The summed E-state index contributed by atoms with van der Waals surface area (Å²) >= 11 is 0. The highest BCUT2D eigenvalue weighted by Crippen LogP contribution is 2.22. The third-order valence-corrected chi connectivity index (χ3v) is 7.39. The van der Waals surface area contributed by atoms with Crippen molar-refractivity contribution in [3.05, 3.63) is 24.3 Å². The van der Waals surface area contributed by atoms with E-state index < -0.39 is 10.0 Å². The van der Waals surface area contributed by atoms with Crippen molar-refractivity contribution in [1.82, 2.24) is 4.31 Å². The molecule has 9 heteroatoms. The van der Waals surface area contributed by atoms with Gasteiger partial charge in [0.15, 0.2) is 6.54 Å². The number of rotatable bonds is 6. The third-order valence-electron chi connectivity index (χ3n) is 5.48. The average Bonchev–Trinajstić information content (AvgIpc) is 3.24. The Morgan fingerprint density at radius 2 is 1.75 bits per heavy atom. The Kier molecular flexibility index (Phi) is 6.69. The molecule has 1 aromatic carbocycles. The molecule has 2 N–H and O–H groups in total. The van der Waals surface area contributed by atoms with Crippen LogP contribution in [0.25, 0.3) is 0 Å². The molecule has 0 aromatic heterocycles. The lowest BCUT2D eigenvalue weighted by molar-refractivity contribution is -0.897. The van der Waals surface area contributed by atoms with Gasteiger partial charge in [-0.2, -0.15) is 4.31 Å². The number of amides is 1. The number of carbonyl (C=O) groups is 2. The first-order valence-corrected chi connectivity index (χ1v) is 11.2. The highest BCUT2D eigenvalue weighted by Gasteiger charge is 2.29. The number of methoxy groups -OCH3 is 1. The van der Waals surface area contributed by atoms with Crippen molar-refractivity contribution in [3.63, 3.8) is 0 Å². The van der Waals surface area contributed by atoms with Gasteiger partial charge in [-0.05, 0) is 37.1 Å².